The molecule has 2 aliphatic heterocycles. The van der Waals surface area contributed by atoms with Crippen molar-refractivity contribution >= 4 is 50.7 Å². The van der Waals surface area contributed by atoms with E-state index in [9.17, 15) is 24.3 Å². The minimum absolute atomic E-state index is 0.140. The van der Waals surface area contributed by atoms with Crippen molar-refractivity contribution in [3.63, 3.8) is 0 Å². The molecule has 2 amide bonds. The molecule has 2 aromatic carbocycles. The third-order valence-electron chi connectivity index (χ3n) is 9.65. The highest BCUT2D eigenvalue weighted by molar-refractivity contribution is 9.10. The lowest BCUT2D eigenvalue weighted by atomic mass is 9.59. The first-order valence-corrected chi connectivity index (χ1v) is 15.6. The van der Waals surface area contributed by atoms with Crippen molar-refractivity contribution in [2.45, 2.75) is 25.7 Å². The number of halogens is 1. The Morgan fingerprint density at radius 3 is 2.39 bits per heavy atom. The van der Waals surface area contributed by atoms with E-state index >= 15 is 0 Å². The summed E-state index contributed by atoms with van der Waals surface area (Å²) in [5.74, 6) is -3.61. The Bertz CT molecular complexity index is 1720. The van der Waals surface area contributed by atoms with Crippen LogP contribution in [-0.2, 0) is 23.9 Å². The molecule has 2 heterocycles. The Kier molecular flexibility index (Phi) is 7.09. The second-order valence-corrected chi connectivity index (χ2v) is 12.8. The molecule has 4 atom stereocenters. The van der Waals surface area contributed by atoms with E-state index in [0.717, 1.165) is 24.4 Å². The van der Waals surface area contributed by atoms with E-state index < -0.39 is 23.7 Å². The number of rotatable bonds is 4. The zero-order valence-corrected chi connectivity index (χ0v) is 25.9. The van der Waals surface area contributed by atoms with Crippen molar-refractivity contribution in [3.05, 3.63) is 80.9 Å². The average molecular weight is 660 g/mol. The maximum atomic E-state index is 14.2. The molecule has 44 heavy (non-hydrogen) atoms. The number of anilines is 2. The van der Waals surface area contributed by atoms with E-state index in [0.29, 0.717) is 52.1 Å². The number of phenolic OH excluding ortho intramolecular Hbond substituents is 1. The molecule has 2 saturated heterocycles. The van der Waals surface area contributed by atoms with Gasteiger partial charge in [0, 0.05) is 51.5 Å². The third kappa shape index (κ3) is 4.37. The van der Waals surface area contributed by atoms with Gasteiger partial charge in [0.1, 0.15) is 0 Å². The molecule has 2 fully saturated rings. The zero-order valence-electron chi connectivity index (χ0n) is 24.3. The number of aromatic hydroxyl groups is 1. The summed E-state index contributed by atoms with van der Waals surface area (Å²) in [6.45, 7) is 4.46. The summed E-state index contributed by atoms with van der Waals surface area (Å²) in [7, 11) is 1.44. The first kappa shape index (κ1) is 28.7. The van der Waals surface area contributed by atoms with Gasteiger partial charge in [-0.3, -0.25) is 24.1 Å². The lowest BCUT2D eigenvalue weighted by molar-refractivity contribution is -0.123. The van der Waals surface area contributed by atoms with Gasteiger partial charge < -0.3 is 19.5 Å². The van der Waals surface area contributed by atoms with Gasteiger partial charge in [0.05, 0.1) is 37.8 Å². The van der Waals surface area contributed by atoms with Gasteiger partial charge in [0.2, 0.25) is 11.8 Å². The number of hydrogen-bond donors (Lipinski definition) is 1. The highest BCUT2D eigenvalue weighted by Gasteiger charge is 2.57. The number of allylic oxidation sites excluding steroid dienone is 6. The van der Waals surface area contributed by atoms with Gasteiger partial charge in [-0.05, 0) is 68.2 Å². The van der Waals surface area contributed by atoms with Crippen molar-refractivity contribution in [2.75, 3.05) is 43.2 Å². The van der Waals surface area contributed by atoms with Crippen LogP contribution >= 0.6 is 15.9 Å². The summed E-state index contributed by atoms with van der Waals surface area (Å²) in [6.07, 6.45) is 3.76. The maximum absolute atomic E-state index is 14.2. The van der Waals surface area contributed by atoms with E-state index in [1.807, 2.05) is 18.2 Å². The predicted octanol–water partition coefficient (Wildman–Crippen LogP) is 4.63. The first-order chi connectivity index (χ1) is 21.2. The summed E-state index contributed by atoms with van der Waals surface area (Å²) in [4.78, 5) is 58.6. The number of hydrogen-bond acceptors (Lipinski definition) is 8. The number of Topliss-reactive ketones (excluding diaryl/α,β-unsaturated/α-hetero) is 1. The van der Waals surface area contributed by atoms with Gasteiger partial charge in [-0.25, -0.2) is 0 Å². The molecule has 2 aromatic rings. The number of morpholine rings is 1. The monoisotopic (exact) mass is 658 g/mol. The molecule has 0 bridgehead atoms. The molecule has 0 spiro atoms. The SMILES string of the molecule is COc1cc(Br)cc([C@H]2C3=CC[C@@H]4C(=O)N(c5ccc(N6CCOCC6)cc5)C(=O)[C@@H]4[C@@H]3CC3=C2C(=O)C=C(C)C3=O)c1O. The molecule has 0 unspecified atom stereocenters. The summed E-state index contributed by atoms with van der Waals surface area (Å²) in [6, 6.07) is 10.8. The largest absolute Gasteiger partial charge is 0.504 e. The lowest BCUT2D eigenvalue weighted by Crippen LogP contribution is -2.39. The Morgan fingerprint density at radius 1 is 0.977 bits per heavy atom. The normalized spacial score (nSPS) is 26.7. The van der Waals surface area contributed by atoms with Gasteiger partial charge in [0.25, 0.3) is 0 Å². The van der Waals surface area contributed by atoms with Gasteiger partial charge in [0.15, 0.2) is 23.1 Å². The van der Waals surface area contributed by atoms with Crippen LogP contribution < -0.4 is 14.5 Å². The van der Waals surface area contributed by atoms with Crippen LogP contribution in [0.15, 0.2) is 75.3 Å². The van der Waals surface area contributed by atoms with Crippen molar-refractivity contribution in [3.8, 4) is 11.5 Å². The average Bonchev–Trinajstić information content (AvgIpc) is 3.29. The number of benzene rings is 2. The fourth-order valence-electron chi connectivity index (χ4n) is 7.60. The molecular formula is C34H31BrN2O7. The van der Waals surface area contributed by atoms with Crippen molar-refractivity contribution in [1.29, 1.82) is 0 Å². The van der Waals surface area contributed by atoms with Crippen LogP contribution in [0.1, 0.15) is 31.2 Å². The summed E-state index contributed by atoms with van der Waals surface area (Å²) in [5, 5.41) is 11.3. The summed E-state index contributed by atoms with van der Waals surface area (Å²) < 4.78 is 11.5. The molecule has 0 saturated carbocycles. The molecule has 0 aromatic heterocycles. The lowest BCUT2D eigenvalue weighted by Gasteiger charge is -2.42. The van der Waals surface area contributed by atoms with E-state index in [1.165, 1.54) is 18.1 Å². The number of phenols is 1. The predicted molar refractivity (Wildman–Crippen MR) is 166 cm³/mol. The summed E-state index contributed by atoms with van der Waals surface area (Å²) >= 11 is 3.49. The van der Waals surface area contributed by atoms with Gasteiger partial charge in [-0.15, -0.1) is 0 Å². The quantitative estimate of drug-likeness (QED) is 0.287. The number of carbonyl (C=O) groups excluding carboxylic acids is 4. The van der Waals surface area contributed by atoms with Gasteiger partial charge in [-0.1, -0.05) is 27.6 Å². The van der Waals surface area contributed by atoms with Crippen LogP contribution in [0.2, 0.25) is 0 Å². The van der Waals surface area contributed by atoms with Crippen molar-refractivity contribution < 1.29 is 33.8 Å². The molecule has 1 N–H and O–H groups in total. The Morgan fingerprint density at radius 2 is 1.68 bits per heavy atom. The number of amides is 2. The van der Waals surface area contributed by atoms with Crippen LogP contribution in [0.5, 0.6) is 11.5 Å². The molecule has 9 nitrogen and oxygen atoms in total. The highest BCUT2D eigenvalue weighted by atomic mass is 79.9. The van der Waals surface area contributed by atoms with E-state index in [1.54, 1.807) is 31.2 Å². The minimum atomic E-state index is -0.776. The molecular weight excluding hydrogens is 628 g/mol. The van der Waals surface area contributed by atoms with Gasteiger partial charge in [-0.2, -0.15) is 0 Å². The standard InChI is InChI=1S/C34H31BrN2O7/c1-17-13-26(38)30-25(31(17)39)16-23-21(28(30)24-14-18(35)15-27(43-2)32(24)40)7-8-22-29(23)34(42)37(33(22)41)20-5-3-19(4-6-20)36-9-11-44-12-10-36/h3-7,13-15,22-23,28-29,40H,8-12,16H2,1-2H3/t22-,23+,28+,29-/m0/s1. The minimum Gasteiger partial charge on any atom is -0.504 e. The topological polar surface area (TPSA) is 113 Å². The van der Waals surface area contributed by atoms with Crippen LogP contribution in [0.3, 0.4) is 0 Å². The fraction of sp³-hybridized carbons (Fsp3) is 0.353. The first-order valence-electron chi connectivity index (χ1n) is 14.8. The van der Waals surface area contributed by atoms with Crippen LogP contribution in [0.4, 0.5) is 11.4 Å². The maximum Gasteiger partial charge on any atom is 0.238 e. The number of nitrogens with zero attached hydrogens (tertiary/aromatic N) is 2. The van der Waals surface area contributed by atoms with Crippen molar-refractivity contribution in [2.24, 2.45) is 17.8 Å². The number of ketones is 2. The number of imide groups is 1. The Balaban J connectivity index is 1.29. The Hall–Kier alpha value is -4.02. The second kappa shape index (κ2) is 10.9. The number of methoxy groups -OCH3 is 1. The van der Waals surface area contributed by atoms with Crippen LogP contribution in [0, 0.1) is 17.8 Å². The second-order valence-electron chi connectivity index (χ2n) is 11.9. The molecule has 5 aliphatic rings. The molecule has 7 rings (SSSR count). The Labute approximate surface area is 262 Å². The number of ether oxygens (including phenoxy) is 2. The molecule has 226 valence electrons. The molecule has 0 radical (unpaired) electrons. The number of fused-ring (bicyclic) bond motifs is 3. The van der Waals surface area contributed by atoms with E-state index in [4.69, 9.17) is 9.47 Å². The highest BCUT2D eigenvalue weighted by Crippen LogP contribution is 2.57. The van der Waals surface area contributed by atoms with Crippen LogP contribution in [0.25, 0.3) is 0 Å². The molecule has 3 aliphatic carbocycles. The zero-order chi connectivity index (χ0) is 30.9. The van der Waals surface area contributed by atoms with Gasteiger partial charge >= 0.3 is 0 Å². The summed E-state index contributed by atoms with van der Waals surface area (Å²) in [5.41, 5.74) is 3.66. The fourth-order valence-corrected chi connectivity index (χ4v) is 8.05. The number of carbonyl (C=O) groups is 4. The van der Waals surface area contributed by atoms with Crippen LogP contribution in [-0.4, -0.2) is 61.9 Å². The smallest absolute Gasteiger partial charge is 0.238 e. The van der Waals surface area contributed by atoms with E-state index in [2.05, 4.69) is 20.8 Å². The third-order valence-corrected chi connectivity index (χ3v) is 10.1. The van der Waals surface area contributed by atoms with Crippen molar-refractivity contribution in [1.82, 2.24) is 0 Å². The molecule has 10 heteroatoms. The van der Waals surface area contributed by atoms with E-state index in [-0.39, 0.29) is 41.3 Å².